The van der Waals surface area contributed by atoms with Crippen LogP contribution >= 0.6 is 0 Å². The van der Waals surface area contributed by atoms with E-state index in [-0.39, 0.29) is 0 Å². The summed E-state index contributed by atoms with van der Waals surface area (Å²) in [5.41, 5.74) is 7.34. The Balaban J connectivity index is 2.87. The summed E-state index contributed by atoms with van der Waals surface area (Å²) in [6.45, 7) is 1.92. The van der Waals surface area contributed by atoms with Gasteiger partial charge in [0, 0.05) is 6.20 Å². The minimum absolute atomic E-state index is 0.644. The summed E-state index contributed by atoms with van der Waals surface area (Å²) in [7, 11) is 0. The molecule has 0 amide bonds. The van der Waals surface area contributed by atoms with Gasteiger partial charge < -0.3 is 5.73 Å². The van der Waals surface area contributed by atoms with Crippen molar-refractivity contribution in [2.24, 2.45) is 0 Å². The van der Waals surface area contributed by atoms with E-state index < -0.39 is 0 Å². The molecule has 2 N–H and O–H groups in total. The molecular formula is C7H8N4. The monoisotopic (exact) mass is 148 g/mol. The molecule has 11 heavy (non-hydrogen) atoms. The summed E-state index contributed by atoms with van der Waals surface area (Å²) in [5, 5.41) is 0. The van der Waals surface area contributed by atoms with Gasteiger partial charge in [0.15, 0.2) is 5.65 Å². The molecule has 0 bridgehead atoms. The van der Waals surface area contributed by atoms with Gasteiger partial charge >= 0.3 is 0 Å². The lowest BCUT2D eigenvalue weighted by atomic mass is 10.5. The fourth-order valence-electron chi connectivity index (χ4n) is 1.00. The van der Waals surface area contributed by atoms with Gasteiger partial charge in [-0.25, -0.2) is 4.98 Å². The molecule has 0 fully saturated rings. The summed E-state index contributed by atoms with van der Waals surface area (Å²) < 4.78 is 1.81. The maximum Gasteiger partial charge on any atom is 0.156 e. The first-order valence-corrected chi connectivity index (χ1v) is 3.32. The van der Waals surface area contributed by atoms with Crippen molar-refractivity contribution in [1.29, 1.82) is 0 Å². The van der Waals surface area contributed by atoms with E-state index in [4.69, 9.17) is 5.73 Å². The summed E-state index contributed by atoms with van der Waals surface area (Å²) in [6, 6.07) is 0. The second-order valence-electron chi connectivity index (χ2n) is 2.44. The molecule has 2 heterocycles. The molecule has 0 radical (unpaired) electrons. The molecule has 2 rings (SSSR count). The van der Waals surface area contributed by atoms with Gasteiger partial charge in [0.05, 0.1) is 18.1 Å². The van der Waals surface area contributed by atoms with E-state index >= 15 is 0 Å². The van der Waals surface area contributed by atoms with Crippen molar-refractivity contribution in [3.05, 3.63) is 24.3 Å². The Morgan fingerprint density at radius 1 is 1.36 bits per heavy atom. The maximum absolute atomic E-state index is 5.62. The van der Waals surface area contributed by atoms with Crippen LogP contribution in [0, 0.1) is 6.92 Å². The topological polar surface area (TPSA) is 56.2 Å². The fourth-order valence-corrected chi connectivity index (χ4v) is 1.00. The first-order chi connectivity index (χ1) is 5.27. The van der Waals surface area contributed by atoms with Gasteiger partial charge in [0.2, 0.25) is 0 Å². The molecular weight excluding hydrogens is 140 g/mol. The highest BCUT2D eigenvalue weighted by Crippen LogP contribution is 2.06. The Kier molecular flexibility index (Phi) is 1.09. The lowest BCUT2D eigenvalue weighted by Crippen LogP contribution is -1.94. The van der Waals surface area contributed by atoms with Crippen LogP contribution in [0.4, 0.5) is 5.82 Å². The van der Waals surface area contributed by atoms with E-state index in [0.717, 1.165) is 11.3 Å². The second-order valence-corrected chi connectivity index (χ2v) is 2.44. The second kappa shape index (κ2) is 1.95. The number of aryl methyl sites for hydroxylation is 1. The van der Waals surface area contributed by atoms with Crippen molar-refractivity contribution < 1.29 is 0 Å². The van der Waals surface area contributed by atoms with E-state index in [1.807, 2.05) is 17.5 Å². The molecule has 2 aromatic heterocycles. The molecule has 0 aliphatic rings. The predicted octanol–water partition coefficient (Wildman–Crippen LogP) is 0.620. The molecule has 0 aliphatic carbocycles. The fraction of sp³-hybridized carbons (Fsp3) is 0.143. The van der Waals surface area contributed by atoms with Crippen molar-refractivity contribution in [2.45, 2.75) is 6.92 Å². The summed E-state index contributed by atoms with van der Waals surface area (Å²) in [5.74, 6) is 0.644. The van der Waals surface area contributed by atoms with Crippen molar-refractivity contribution in [3.63, 3.8) is 0 Å². The maximum atomic E-state index is 5.62. The molecule has 0 spiro atoms. The minimum atomic E-state index is 0.644. The first kappa shape index (κ1) is 6.15. The van der Waals surface area contributed by atoms with Gasteiger partial charge in [-0.2, -0.15) is 0 Å². The van der Waals surface area contributed by atoms with Crippen LogP contribution in [-0.4, -0.2) is 14.4 Å². The van der Waals surface area contributed by atoms with Crippen LogP contribution in [0.2, 0.25) is 0 Å². The van der Waals surface area contributed by atoms with Crippen LogP contribution in [0.1, 0.15) is 5.69 Å². The average Bonchev–Trinajstić information content (AvgIpc) is 2.33. The summed E-state index contributed by atoms with van der Waals surface area (Å²) in [4.78, 5) is 8.12. The van der Waals surface area contributed by atoms with Gasteiger partial charge in [0.1, 0.15) is 5.82 Å². The molecule has 0 saturated carbocycles. The van der Waals surface area contributed by atoms with E-state index in [1.165, 1.54) is 0 Å². The van der Waals surface area contributed by atoms with E-state index in [1.54, 1.807) is 12.4 Å². The third-order valence-electron chi connectivity index (χ3n) is 1.55. The van der Waals surface area contributed by atoms with Crippen LogP contribution < -0.4 is 5.73 Å². The molecule has 0 aromatic carbocycles. The number of imidazole rings is 1. The average molecular weight is 148 g/mol. The number of nitrogens with zero attached hydrogens (tertiary/aromatic N) is 3. The number of rotatable bonds is 0. The lowest BCUT2D eigenvalue weighted by Gasteiger charge is -1.95. The van der Waals surface area contributed by atoms with Gasteiger partial charge in [-0.05, 0) is 6.92 Å². The zero-order chi connectivity index (χ0) is 7.84. The Morgan fingerprint density at radius 3 is 3.00 bits per heavy atom. The van der Waals surface area contributed by atoms with Crippen LogP contribution in [-0.2, 0) is 0 Å². The number of hydrogen-bond acceptors (Lipinski definition) is 3. The van der Waals surface area contributed by atoms with E-state index in [9.17, 15) is 0 Å². The highest BCUT2D eigenvalue weighted by molar-refractivity contribution is 5.45. The standard InChI is InChI=1S/C7H8N4/c1-5-4-11-6(8)2-10-7(11)3-9-5/h2-4H,8H2,1H3. The molecule has 0 unspecified atom stereocenters. The summed E-state index contributed by atoms with van der Waals surface area (Å²) in [6.07, 6.45) is 5.18. The zero-order valence-electron chi connectivity index (χ0n) is 6.15. The van der Waals surface area contributed by atoms with Crippen molar-refractivity contribution in [3.8, 4) is 0 Å². The molecule has 0 aliphatic heterocycles. The molecule has 2 aromatic rings. The molecule has 4 heteroatoms. The summed E-state index contributed by atoms with van der Waals surface area (Å²) >= 11 is 0. The van der Waals surface area contributed by atoms with Gasteiger partial charge in [-0.1, -0.05) is 0 Å². The van der Waals surface area contributed by atoms with E-state index in [0.29, 0.717) is 5.82 Å². The molecule has 0 saturated heterocycles. The number of anilines is 1. The number of hydrogen-bond donors (Lipinski definition) is 1. The lowest BCUT2D eigenvalue weighted by molar-refractivity contribution is 1.08. The zero-order valence-corrected chi connectivity index (χ0v) is 6.15. The largest absolute Gasteiger partial charge is 0.383 e. The molecule has 0 atom stereocenters. The number of nitrogens with two attached hydrogens (primary N) is 1. The number of nitrogen functional groups attached to an aromatic ring is 1. The molecule has 56 valence electrons. The van der Waals surface area contributed by atoms with Gasteiger partial charge in [-0.15, -0.1) is 0 Å². The third kappa shape index (κ3) is 0.832. The number of fused-ring (bicyclic) bond motifs is 1. The van der Waals surface area contributed by atoms with Crippen molar-refractivity contribution in [1.82, 2.24) is 14.4 Å². The highest BCUT2D eigenvalue weighted by atomic mass is 15.1. The number of aromatic nitrogens is 3. The SMILES string of the molecule is Cc1cn2c(N)cnc2cn1. The van der Waals surface area contributed by atoms with E-state index in [2.05, 4.69) is 9.97 Å². The quantitative estimate of drug-likeness (QED) is 0.595. The van der Waals surface area contributed by atoms with Crippen LogP contribution in [0.5, 0.6) is 0 Å². The Hall–Kier alpha value is -1.58. The predicted molar refractivity (Wildman–Crippen MR) is 42.1 cm³/mol. The van der Waals surface area contributed by atoms with Crippen LogP contribution in [0.3, 0.4) is 0 Å². The minimum Gasteiger partial charge on any atom is -0.383 e. The Labute approximate surface area is 63.7 Å². The van der Waals surface area contributed by atoms with Crippen LogP contribution in [0.15, 0.2) is 18.6 Å². The Bertz CT molecular complexity index is 390. The van der Waals surface area contributed by atoms with Gasteiger partial charge in [-0.3, -0.25) is 9.38 Å². The first-order valence-electron chi connectivity index (χ1n) is 3.32. The smallest absolute Gasteiger partial charge is 0.156 e. The van der Waals surface area contributed by atoms with Crippen molar-refractivity contribution in [2.75, 3.05) is 5.73 Å². The third-order valence-corrected chi connectivity index (χ3v) is 1.55. The Morgan fingerprint density at radius 2 is 2.18 bits per heavy atom. The van der Waals surface area contributed by atoms with Gasteiger partial charge in [0.25, 0.3) is 0 Å². The van der Waals surface area contributed by atoms with Crippen molar-refractivity contribution >= 4 is 11.5 Å². The highest BCUT2D eigenvalue weighted by Gasteiger charge is 1.97. The van der Waals surface area contributed by atoms with Crippen LogP contribution in [0.25, 0.3) is 5.65 Å². The normalized spacial score (nSPS) is 10.6. The molecule has 4 nitrogen and oxygen atoms in total.